The van der Waals surface area contributed by atoms with E-state index >= 15 is 4.39 Å². The third-order valence-corrected chi connectivity index (χ3v) is 16.5. The largest absolute Gasteiger partial charge is 0.508 e. The Labute approximate surface area is 467 Å². The van der Waals surface area contributed by atoms with Crippen molar-refractivity contribution in [1.82, 2.24) is 45.5 Å². The number of fused-ring (bicyclic) bond motifs is 4. The number of nitrogens with one attached hydrogen (secondary N) is 2. The Hall–Kier alpha value is -6.76. The van der Waals surface area contributed by atoms with Crippen LogP contribution in [0.3, 0.4) is 0 Å². The van der Waals surface area contributed by atoms with Crippen LogP contribution >= 0.6 is 11.3 Å². The van der Waals surface area contributed by atoms with Crippen molar-refractivity contribution in [3.05, 3.63) is 101 Å². The van der Waals surface area contributed by atoms with Crippen molar-refractivity contribution >= 4 is 50.6 Å². The van der Waals surface area contributed by atoms with Crippen LogP contribution in [-0.4, -0.2) is 122 Å². The Morgan fingerprint density at radius 2 is 1.70 bits per heavy atom. The van der Waals surface area contributed by atoms with Crippen molar-refractivity contribution in [2.24, 2.45) is 5.92 Å². The Bertz CT molecular complexity index is 3170. The number of anilines is 1. The molecule has 0 saturated carbocycles. The lowest BCUT2D eigenvalue weighted by Gasteiger charge is -2.34. The molecule has 4 atom stereocenters. The molecule has 4 aliphatic heterocycles. The summed E-state index contributed by atoms with van der Waals surface area (Å²) in [5.41, 5.74) is 6.76. The quantitative estimate of drug-likeness (QED) is 0.0782. The van der Waals surface area contributed by atoms with Crippen LogP contribution in [0.5, 0.6) is 17.6 Å². The van der Waals surface area contributed by atoms with Crippen molar-refractivity contribution in [3.8, 4) is 39.3 Å². The van der Waals surface area contributed by atoms with Crippen molar-refractivity contribution in [2.75, 3.05) is 57.4 Å². The number of phenolic OH excluding ortho intramolecular Hbond substituents is 1. The van der Waals surface area contributed by atoms with Crippen molar-refractivity contribution < 1.29 is 33.1 Å². The Morgan fingerprint density at radius 3 is 2.42 bits per heavy atom. The number of piperidine rings is 1. The van der Waals surface area contributed by atoms with Crippen LogP contribution in [0.15, 0.2) is 76.9 Å². The number of hydrogen-bond acceptors (Lipinski definition) is 15. The van der Waals surface area contributed by atoms with E-state index in [0.29, 0.717) is 79.1 Å². The van der Waals surface area contributed by atoms with E-state index in [4.69, 9.17) is 28.9 Å². The van der Waals surface area contributed by atoms with E-state index < -0.39 is 11.9 Å². The molecule has 79 heavy (non-hydrogen) atoms. The molecule has 11 rings (SSSR count). The molecule has 0 spiro atoms. The number of ether oxygens (including phenoxy) is 2. The van der Waals surface area contributed by atoms with Gasteiger partial charge in [-0.25, -0.2) is 9.37 Å². The normalized spacial score (nSPS) is 18.7. The number of phenols is 1. The lowest BCUT2D eigenvalue weighted by molar-refractivity contribution is -0.138. The van der Waals surface area contributed by atoms with Gasteiger partial charge in [-0.15, -0.1) is 11.3 Å². The number of halogens is 1. The number of aromatic hydroxyl groups is 1. The van der Waals surface area contributed by atoms with Gasteiger partial charge >= 0.3 is 6.01 Å². The van der Waals surface area contributed by atoms with Gasteiger partial charge in [0.05, 0.1) is 40.5 Å². The zero-order chi connectivity index (χ0) is 55.6. The number of likely N-dealkylation sites (tertiary alicyclic amines) is 2. The maximum Gasteiger partial charge on any atom is 0.319 e. The number of rotatable bonds is 17. The molecule has 8 heterocycles. The van der Waals surface area contributed by atoms with Gasteiger partial charge in [0.25, 0.3) is 5.88 Å². The van der Waals surface area contributed by atoms with Crippen LogP contribution < -0.4 is 25.0 Å². The number of benzene rings is 3. The van der Waals surface area contributed by atoms with Crippen LogP contribution in [0.1, 0.15) is 122 Å². The van der Waals surface area contributed by atoms with E-state index in [2.05, 4.69) is 63.5 Å². The second-order valence-electron chi connectivity index (χ2n) is 21.1. The number of nitrogens with zero attached hydrogens (tertiary/aromatic N) is 8. The standard InChI is InChI=1S/C56H63FN10O6S.C3H8.C2H6/c1-4-36-7-5-8-39-25-42(68)26-44(49(36)39)51-50(57)52-45(29-58-51)54(66-30-40-14-15-41(31-66)61-40)63-56(62-52)72-24-22-65-20-16-35(17-21-65)18-23-71-47-27-43(73-64-47)28-48(69)67-19-6-9-46(67)55(70)60-33(2)37-10-12-38(13-11-37)53-34(3)59-32-74-53;1-3-2;1-2/h5,7-8,10-13,25-27,29,32-33,35,40-41,46,61,68H,4,6,9,14-24,28,30-31H2,1-3H3,(H,60,70);3H2,1-2H3;1-2H3. The fourth-order valence-electron chi connectivity index (χ4n) is 11.5. The number of carbonyl (C=O) groups is 2. The second kappa shape index (κ2) is 26.5. The van der Waals surface area contributed by atoms with E-state index in [1.54, 1.807) is 40.6 Å². The van der Waals surface area contributed by atoms with Crippen molar-refractivity contribution in [2.45, 2.75) is 137 Å². The van der Waals surface area contributed by atoms with Crippen LogP contribution in [-0.2, 0) is 22.4 Å². The van der Waals surface area contributed by atoms with E-state index in [1.807, 2.05) is 63.5 Å². The molecular formula is C61H77FN10O6S. The van der Waals surface area contributed by atoms with Crippen LogP contribution in [0.4, 0.5) is 10.2 Å². The lowest BCUT2D eigenvalue weighted by Crippen LogP contribution is -2.51. The monoisotopic (exact) mass is 1100 g/mol. The number of carbonyl (C=O) groups excluding carboxylic acids is 2. The van der Waals surface area contributed by atoms with Gasteiger partial charge in [0.15, 0.2) is 5.82 Å². The number of hydrogen-bond donors (Lipinski definition) is 3. The number of aromatic nitrogens is 5. The molecule has 4 unspecified atom stereocenters. The summed E-state index contributed by atoms with van der Waals surface area (Å²) in [5, 5.41) is 23.8. The summed E-state index contributed by atoms with van der Waals surface area (Å²) in [5.74, 6) is 0.967. The van der Waals surface area contributed by atoms with Gasteiger partial charge in [0, 0.05) is 56.1 Å². The molecule has 4 aliphatic rings. The Kier molecular flexibility index (Phi) is 19.1. The van der Waals surface area contributed by atoms with Crippen molar-refractivity contribution in [1.29, 1.82) is 0 Å². The number of thiazole rings is 1. The highest BCUT2D eigenvalue weighted by molar-refractivity contribution is 7.13. The zero-order valence-corrected chi connectivity index (χ0v) is 47.7. The summed E-state index contributed by atoms with van der Waals surface area (Å²) >= 11 is 1.61. The van der Waals surface area contributed by atoms with E-state index in [-0.39, 0.29) is 47.2 Å². The summed E-state index contributed by atoms with van der Waals surface area (Å²) in [6, 6.07) is 19.1. The third kappa shape index (κ3) is 13.3. The predicted molar refractivity (Wildman–Crippen MR) is 309 cm³/mol. The minimum atomic E-state index is -0.571. The van der Waals surface area contributed by atoms with E-state index in [9.17, 15) is 14.7 Å². The number of piperazine rings is 1. The molecule has 0 radical (unpaired) electrons. The molecule has 4 aromatic heterocycles. The van der Waals surface area contributed by atoms with Gasteiger partial charge in [-0.2, -0.15) is 9.97 Å². The summed E-state index contributed by atoms with van der Waals surface area (Å²) < 4.78 is 34.8. The van der Waals surface area contributed by atoms with E-state index in [1.165, 1.54) is 6.42 Å². The summed E-state index contributed by atoms with van der Waals surface area (Å²) in [6.45, 7) is 19.5. The van der Waals surface area contributed by atoms with Crippen LogP contribution in [0, 0.1) is 18.7 Å². The Morgan fingerprint density at radius 1 is 0.937 bits per heavy atom. The minimum Gasteiger partial charge on any atom is -0.508 e. The lowest BCUT2D eigenvalue weighted by atomic mass is 9.94. The first kappa shape index (κ1) is 56.9. The molecule has 0 aliphatic carbocycles. The average molecular weight is 1100 g/mol. The first-order chi connectivity index (χ1) is 38.5. The smallest absolute Gasteiger partial charge is 0.319 e. The predicted octanol–water partition coefficient (Wildman–Crippen LogP) is 11.0. The third-order valence-electron chi connectivity index (χ3n) is 15.5. The van der Waals surface area contributed by atoms with Crippen LogP contribution in [0.25, 0.3) is 43.4 Å². The zero-order valence-electron chi connectivity index (χ0n) is 46.9. The van der Waals surface area contributed by atoms with Gasteiger partial charge in [-0.1, -0.05) is 83.5 Å². The summed E-state index contributed by atoms with van der Waals surface area (Å²) in [4.78, 5) is 53.0. The molecule has 3 N–H and O–H groups in total. The summed E-state index contributed by atoms with van der Waals surface area (Å²) in [6.07, 6.45) is 10.0. The van der Waals surface area contributed by atoms with E-state index in [0.717, 1.165) is 109 Å². The number of pyridine rings is 1. The molecule has 16 nitrogen and oxygen atoms in total. The molecule has 420 valence electrons. The van der Waals surface area contributed by atoms with Gasteiger partial charge in [-0.05, 0) is 129 Å². The molecule has 3 aromatic carbocycles. The number of amides is 2. The molecular weight excluding hydrogens is 1020 g/mol. The number of aryl methyl sites for hydroxylation is 2. The van der Waals surface area contributed by atoms with Gasteiger partial charge < -0.3 is 39.5 Å². The topological polar surface area (TPSA) is 184 Å². The Balaban J connectivity index is 0.00000147. The first-order valence-corrected chi connectivity index (χ1v) is 29.5. The first-order valence-electron chi connectivity index (χ1n) is 28.6. The van der Waals surface area contributed by atoms with Gasteiger partial charge in [0.2, 0.25) is 11.8 Å². The highest BCUT2D eigenvalue weighted by Gasteiger charge is 2.36. The molecule has 4 fully saturated rings. The minimum absolute atomic E-state index is 0.00535. The highest BCUT2D eigenvalue weighted by atomic mass is 32.1. The van der Waals surface area contributed by atoms with Gasteiger partial charge in [-0.3, -0.25) is 19.5 Å². The van der Waals surface area contributed by atoms with Crippen molar-refractivity contribution in [3.63, 3.8) is 0 Å². The molecule has 4 saturated heterocycles. The summed E-state index contributed by atoms with van der Waals surface area (Å²) in [7, 11) is 0. The maximum atomic E-state index is 17.0. The second-order valence-corrected chi connectivity index (χ2v) is 21.9. The molecule has 18 heteroatoms. The SMILES string of the molecule is CC.CCC.CCc1cccc2cc(O)cc(-c3ncc4c(N5CC6CCC(C5)N6)nc(OCCN5CCC(CCOc6cc(CC(=O)N7CCCC7C(=O)NC(C)c7ccc(-c8scnc8C)cc7)on6)CC5)nc4c3F)c12. The molecule has 2 amide bonds. The maximum absolute atomic E-state index is 17.0. The van der Waals surface area contributed by atoms with Gasteiger partial charge in [0.1, 0.15) is 41.2 Å². The average Bonchev–Trinajstić information content (AvgIpc) is 4.42. The highest BCUT2D eigenvalue weighted by Crippen LogP contribution is 2.39. The molecule has 7 aromatic rings. The fourth-order valence-corrected chi connectivity index (χ4v) is 12.3. The van der Waals surface area contributed by atoms with Crippen LogP contribution in [0.2, 0.25) is 0 Å². The fraction of sp³-hybridized carbons (Fsp3) is 0.492. The molecule has 2 bridgehead atoms.